The second-order valence-electron chi connectivity index (χ2n) is 4.73. The third kappa shape index (κ3) is 2.88. The molecule has 1 aliphatic heterocycles. The Morgan fingerprint density at radius 3 is 2.78 bits per heavy atom. The van der Waals surface area contributed by atoms with E-state index in [1.807, 2.05) is 6.07 Å². The summed E-state index contributed by atoms with van der Waals surface area (Å²) >= 11 is 0. The van der Waals surface area contributed by atoms with Crippen LogP contribution in [0.3, 0.4) is 0 Å². The smallest absolute Gasteiger partial charge is 0.123 e. The lowest BCUT2D eigenvalue weighted by Crippen LogP contribution is -2.49. The molecule has 1 atom stereocenters. The summed E-state index contributed by atoms with van der Waals surface area (Å²) in [6, 6.07) is 6.32. The van der Waals surface area contributed by atoms with Crippen molar-refractivity contribution in [2.75, 3.05) is 20.3 Å². The summed E-state index contributed by atoms with van der Waals surface area (Å²) in [5.74, 6) is -0.279. The number of rotatable bonds is 4. The van der Waals surface area contributed by atoms with E-state index in [2.05, 4.69) is 0 Å². The second-order valence-corrected chi connectivity index (χ2v) is 4.73. The van der Waals surface area contributed by atoms with E-state index in [9.17, 15) is 9.50 Å². The molecule has 1 saturated heterocycles. The summed E-state index contributed by atoms with van der Waals surface area (Å²) in [6.07, 6.45) is 1.08. The van der Waals surface area contributed by atoms with E-state index in [4.69, 9.17) is 9.47 Å². The third-order valence-corrected chi connectivity index (χ3v) is 3.67. The zero-order valence-corrected chi connectivity index (χ0v) is 10.6. The molecule has 0 aliphatic carbocycles. The molecule has 1 heterocycles. The topological polar surface area (TPSA) is 38.7 Å². The summed E-state index contributed by atoms with van der Waals surface area (Å²) in [5.41, 5.74) is 0.218. The van der Waals surface area contributed by atoms with Gasteiger partial charge in [-0.15, -0.1) is 0 Å². The van der Waals surface area contributed by atoms with Gasteiger partial charge in [-0.3, -0.25) is 0 Å². The fraction of sp³-hybridized carbons (Fsp3) is 0.571. The van der Waals surface area contributed by atoms with Gasteiger partial charge in [0.1, 0.15) is 5.82 Å². The van der Waals surface area contributed by atoms with Crippen LogP contribution in [0.2, 0.25) is 0 Å². The van der Waals surface area contributed by atoms with Crippen molar-refractivity contribution in [3.63, 3.8) is 0 Å². The monoisotopic (exact) mass is 254 g/mol. The van der Waals surface area contributed by atoms with Crippen LogP contribution in [-0.4, -0.2) is 37.1 Å². The van der Waals surface area contributed by atoms with Crippen molar-refractivity contribution in [1.82, 2.24) is 0 Å². The minimum Gasteiger partial charge on any atom is -0.390 e. The third-order valence-electron chi connectivity index (χ3n) is 3.67. The normalized spacial score (nSPS) is 20.6. The summed E-state index contributed by atoms with van der Waals surface area (Å²) in [7, 11) is 1.61. The molecule has 1 aromatic carbocycles. The summed E-state index contributed by atoms with van der Waals surface area (Å²) in [5, 5.41) is 10.4. The van der Waals surface area contributed by atoms with Gasteiger partial charge in [0.25, 0.3) is 0 Å². The van der Waals surface area contributed by atoms with Crippen LogP contribution in [0.5, 0.6) is 0 Å². The average molecular weight is 254 g/mol. The van der Waals surface area contributed by atoms with Crippen molar-refractivity contribution in [1.29, 1.82) is 0 Å². The van der Waals surface area contributed by atoms with Gasteiger partial charge < -0.3 is 14.6 Å². The minimum atomic E-state index is -0.645. The molecule has 0 saturated carbocycles. The molecule has 1 aromatic rings. The van der Waals surface area contributed by atoms with Crippen molar-refractivity contribution >= 4 is 0 Å². The molecule has 1 aliphatic rings. The van der Waals surface area contributed by atoms with Gasteiger partial charge >= 0.3 is 0 Å². The molecule has 1 fully saturated rings. The standard InChI is InChI=1S/C14H19FO3/c1-17-14(5-7-18-8-6-14)13(16)10-11-3-2-4-12(15)9-11/h2-4,9,13,16H,5-8,10H2,1H3. The SMILES string of the molecule is COC1(C(O)Cc2cccc(F)c2)CCOCC1. The Balaban J connectivity index is 2.07. The number of benzene rings is 1. The van der Waals surface area contributed by atoms with Crippen LogP contribution in [0.15, 0.2) is 24.3 Å². The molecule has 3 nitrogen and oxygen atoms in total. The first-order valence-corrected chi connectivity index (χ1v) is 6.22. The first kappa shape index (κ1) is 13.5. The summed E-state index contributed by atoms with van der Waals surface area (Å²) in [4.78, 5) is 0. The van der Waals surface area contributed by atoms with Gasteiger partial charge in [0, 0.05) is 39.6 Å². The average Bonchev–Trinajstić information content (AvgIpc) is 2.39. The van der Waals surface area contributed by atoms with Crippen LogP contribution in [-0.2, 0) is 15.9 Å². The fourth-order valence-electron chi connectivity index (χ4n) is 2.46. The largest absolute Gasteiger partial charge is 0.390 e. The van der Waals surface area contributed by atoms with Gasteiger partial charge in [-0.25, -0.2) is 4.39 Å². The van der Waals surface area contributed by atoms with Crippen molar-refractivity contribution in [2.24, 2.45) is 0 Å². The number of halogens is 1. The molecule has 0 bridgehead atoms. The number of aliphatic hydroxyl groups is 1. The second kappa shape index (κ2) is 5.78. The molecule has 0 spiro atoms. The van der Waals surface area contributed by atoms with E-state index in [-0.39, 0.29) is 5.82 Å². The highest BCUT2D eigenvalue weighted by molar-refractivity contribution is 5.18. The fourth-order valence-corrected chi connectivity index (χ4v) is 2.46. The molecule has 4 heteroatoms. The maximum absolute atomic E-state index is 13.1. The van der Waals surface area contributed by atoms with Crippen molar-refractivity contribution < 1.29 is 19.0 Å². The maximum Gasteiger partial charge on any atom is 0.123 e. The number of hydrogen-bond acceptors (Lipinski definition) is 3. The molecular formula is C14H19FO3. The Morgan fingerprint density at radius 1 is 1.44 bits per heavy atom. The zero-order valence-electron chi connectivity index (χ0n) is 10.6. The molecular weight excluding hydrogens is 235 g/mol. The molecule has 0 amide bonds. The van der Waals surface area contributed by atoms with E-state index < -0.39 is 11.7 Å². The number of ether oxygens (including phenoxy) is 2. The number of aliphatic hydroxyl groups excluding tert-OH is 1. The molecule has 1 N–H and O–H groups in total. The molecule has 1 unspecified atom stereocenters. The summed E-state index contributed by atoms with van der Waals surface area (Å²) < 4.78 is 23.9. The quantitative estimate of drug-likeness (QED) is 0.892. The van der Waals surface area contributed by atoms with E-state index in [0.717, 1.165) is 5.56 Å². The van der Waals surface area contributed by atoms with Crippen molar-refractivity contribution in [3.8, 4) is 0 Å². The predicted octanol–water partition coefficient (Wildman–Crippen LogP) is 1.92. The Hall–Kier alpha value is -0.970. The molecule has 0 radical (unpaired) electrons. The van der Waals surface area contributed by atoms with E-state index in [0.29, 0.717) is 32.5 Å². The van der Waals surface area contributed by atoms with Crippen molar-refractivity contribution in [3.05, 3.63) is 35.6 Å². The Bertz CT molecular complexity index is 388. The molecule has 18 heavy (non-hydrogen) atoms. The lowest BCUT2D eigenvalue weighted by molar-refractivity contribution is -0.151. The molecule has 0 aromatic heterocycles. The Labute approximate surface area is 107 Å². The highest BCUT2D eigenvalue weighted by Crippen LogP contribution is 2.30. The highest BCUT2D eigenvalue weighted by atomic mass is 19.1. The maximum atomic E-state index is 13.1. The van der Waals surface area contributed by atoms with Crippen LogP contribution in [0.1, 0.15) is 18.4 Å². The van der Waals surface area contributed by atoms with Gasteiger partial charge in [-0.05, 0) is 17.7 Å². The van der Waals surface area contributed by atoms with Gasteiger partial charge in [0.2, 0.25) is 0 Å². The van der Waals surface area contributed by atoms with Crippen LogP contribution >= 0.6 is 0 Å². The predicted molar refractivity (Wildman–Crippen MR) is 65.9 cm³/mol. The lowest BCUT2D eigenvalue weighted by Gasteiger charge is -2.39. The number of hydrogen-bond donors (Lipinski definition) is 1. The van der Waals surface area contributed by atoms with Crippen LogP contribution < -0.4 is 0 Å². The Morgan fingerprint density at radius 2 is 2.17 bits per heavy atom. The lowest BCUT2D eigenvalue weighted by atomic mass is 9.84. The zero-order chi connectivity index (χ0) is 13.0. The minimum absolute atomic E-state index is 0.279. The molecule has 100 valence electrons. The van der Waals surface area contributed by atoms with E-state index in [1.54, 1.807) is 13.2 Å². The first-order valence-electron chi connectivity index (χ1n) is 6.22. The van der Waals surface area contributed by atoms with Crippen LogP contribution in [0.25, 0.3) is 0 Å². The van der Waals surface area contributed by atoms with E-state index >= 15 is 0 Å². The van der Waals surface area contributed by atoms with E-state index in [1.165, 1.54) is 12.1 Å². The summed E-state index contributed by atoms with van der Waals surface area (Å²) in [6.45, 7) is 1.18. The van der Waals surface area contributed by atoms with Crippen LogP contribution in [0.4, 0.5) is 4.39 Å². The Kier molecular flexibility index (Phi) is 4.32. The van der Waals surface area contributed by atoms with Gasteiger partial charge in [-0.1, -0.05) is 12.1 Å². The van der Waals surface area contributed by atoms with Gasteiger partial charge in [0.05, 0.1) is 11.7 Å². The van der Waals surface area contributed by atoms with Crippen LogP contribution in [0, 0.1) is 5.82 Å². The number of methoxy groups -OCH3 is 1. The van der Waals surface area contributed by atoms with Gasteiger partial charge in [-0.2, -0.15) is 0 Å². The van der Waals surface area contributed by atoms with Crippen molar-refractivity contribution in [2.45, 2.75) is 31.0 Å². The molecule has 2 rings (SSSR count). The van der Waals surface area contributed by atoms with Gasteiger partial charge in [0.15, 0.2) is 0 Å². The highest BCUT2D eigenvalue weighted by Gasteiger charge is 2.39. The first-order chi connectivity index (χ1) is 8.66.